The van der Waals surface area contributed by atoms with Gasteiger partial charge in [0.2, 0.25) is 20.0 Å². The first-order chi connectivity index (χ1) is 12.5. The summed E-state index contributed by atoms with van der Waals surface area (Å²) in [6, 6.07) is 6.48. The van der Waals surface area contributed by atoms with Crippen LogP contribution in [0, 0.1) is 13.8 Å². The molecule has 3 rings (SSSR count). The van der Waals surface area contributed by atoms with Crippen molar-refractivity contribution in [2.24, 2.45) is 0 Å². The van der Waals surface area contributed by atoms with Gasteiger partial charge in [-0.2, -0.15) is 8.61 Å². The fraction of sp³-hybridized carbons (Fsp3) is 0.375. The molecule has 0 N–H and O–H groups in total. The predicted octanol–water partition coefficient (Wildman–Crippen LogP) is 3.37. The van der Waals surface area contributed by atoms with Crippen molar-refractivity contribution in [2.45, 2.75) is 23.6 Å². The van der Waals surface area contributed by atoms with Crippen LogP contribution in [0.3, 0.4) is 0 Å². The van der Waals surface area contributed by atoms with E-state index in [4.69, 9.17) is 23.2 Å². The SMILES string of the molecule is Cc1ccc(S(=O)(=O)N2CCN(S(=O)(=O)c3cc(Cl)sc3Cl)CC2)c(C)c1. The van der Waals surface area contributed by atoms with E-state index in [1.165, 1.54) is 14.7 Å². The molecule has 0 amide bonds. The molecule has 0 unspecified atom stereocenters. The van der Waals surface area contributed by atoms with Gasteiger partial charge in [-0.25, -0.2) is 16.8 Å². The Hall–Kier alpha value is -0.680. The fourth-order valence-electron chi connectivity index (χ4n) is 3.02. The average Bonchev–Trinajstić information content (AvgIpc) is 2.94. The highest BCUT2D eigenvalue weighted by molar-refractivity contribution is 7.89. The Balaban J connectivity index is 1.80. The number of piperazine rings is 1. The molecule has 0 radical (unpaired) electrons. The lowest BCUT2D eigenvalue weighted by atomic mass is 10.2. The van der Waals surface area contributed by atoms with E-state index in [1.54, 1.807) is 19.1 Å². The lowest BCUT2D eigenvalue weighted by Gasteiger charge is -2.33. The Bertz CT molecular complexity index is 1070. The molecule has 0 aliphatic carbocycles. The van der Waals surface area contributed by atoms with Crippen molar-refractivity contribution in [3.63, 3.8) is 0 Å². The molecular weight excluding hydrogens is 451 g/mol. The van der Waals surface area contributed by atoms with Crippen LogP contribution in [0.1, 0.15) is 11.1 Å². The van der Waals surface area contributed by atoms with Gasteiger partial charge >= 0.3 is 0 Å². The van der Waals surface area contributed by atoms with Crippen LogP contribution >= 0.6 is 34.5 Å². The number of thiophene rings is 1. The van der Waals surface area contributed by atoms with Crippen LogP contribution < -0.4 is 0 Å². The summed E-state index contributed by atoms with van der Waals surface area (Å²) in [7, 11) is -7.49. The summed E-state index contributed by atoms with van der Waals surface area (Å²) in [5.41, 5.74) is 1.65. The van der Waals surface area contributed by atoms with Gasteiger partial charge in [-0.05, 0) is 31.5 Å². The molecule has 2 heterocycles. The number of hydrogen-bond acceptors (Lipinski definition) is 5. The van der Waals surface area contributed by atoms with Crippen molar-refractivity contribution in [3.8, 4) is 0 Å². The molecular formula is C16H18Cl2N2O4S3. The zero-order valence-electron chi connectivity index (χ0n) is 14.6. The molecule has 0 atom stereocenters. The van der Waals surface area contributed by atoms with E-state index in [0.717, 1.165) is 16.9 Å². The van der Waals surface area contributed by atoms with Gasteiger partial charge in [-0.15, -0.1) is 11.3 Å². The minimum Gasteiger partial charge on any atom is -0.207 e. The quantitative estimate of drug-likeness (QED) is 0.688. The molecule has 1 aliphatic rings. The van der Waals surface area contributed by atoms with E-state index in [1.807, 2.05) is 13.0 Å². The number of halogens is 2. The van der Waals surface area contributed by atoms with Gasteiger partial charge in [0.25, 0.3) is 0 Å². The first-order valence-electron chi connectivity index (χ1n) is 8.06. The predicted molar refractivity (Wildman–Crippen MR) is 108 cm³/mol. The Labute approximate surface area is 173 Å². The summed E-state index contributed by atoms with van der Waals surface area (Å²) in [6.07, 6.45) is 0. The van der Waals surface area contributed by atoms with Crippen LogP contribution in [0.4, 0.5) is 0 Å². The minimum absolute atomic E-state index is 0.0372. The van der Waals surface area contributed by atoms with Crippen molar-refractivity contribution in [1.29, 1.82) is 0 Å². The first kappa shape index (κ1) is 21.0. The van der Waals surface area contributed by atoms with Gasteiger partial charge in [0.15, 0.2) is 0 Å². The molecule has 1 aromatic carbocycles. The smallest absolute Gasteiger partial charge is 0.207 e. The maximum atomic E-state index is 12.9. The average molecular weight is 469 g/mol. The van der Waals surface area contributed by atoms with Gasteiger partial charge in [0.1, 0.15) is 9.23 Å². The maximum Gasteiger partial charge on any atom is 0.245 e. The van der Waals surface area contributed by atoms with E-state index in [0.29, 0.717) is 5.56 Å². The van der Waals surface area contributed by atoms with Crippen LogP contribution in [0.15, 0.2) is 34.1 Å². The molecule has 1 fully saturated rings. The van der Waals surface area contributed by atoms with Gasteiger partial charge in [-0.1, -0.05) is 40.9 Å². The van der Waals surface area contributed by atoms with Crippen molar-refractivity contribution >= 4 is 54.6 Å². The molecule has 1 aromatic heterocycles. The van der Waals surface area contributed by atoms with E-state index in [-0.39, 0.29) is 44.6 Å². The topological polar surface area (TPSA) is 74.8 Å². The number of rotatable bonds is 4. The second kappa shape index (κ2) is 7.62. The van der Waals surface area contributed by atoms with E-state index in [2.05, 4.69) is 0 Å². The van der Waals surface area contributed by atoms with Crippen molar-refractivity contribution in [3.05, 3.63) is 44.1 Å². The molecule has 1 saturated heterocycles. The van der Waals surface area contributed by atoms with Crippen LogP contribution in [-0.2, 0) is 20.0 Å². The van der Waals surface area contributed by atoms with Gasteiger partial charge in [0.05, 0.1) is 9.23 Å². The zero-order valence-corrected chi connectivity index (χ0v) is 18.6. The third kappa shape index (κ3) is 4.05. The normalized spacial score (nSPS) is 17.3. The van der Waals surface area contributed by atoms with Crippen molar-refractivity contribution < 1.29 is 16.8 Å². The van der Waals surface area contributed by atoms with Crippen molar-refractivity contribution in [1.82, 2.24) is 8.61 Å². The van der Waals surface area contributed by atoms with Gasteiger partial charge < -0.3 is 0 Å². The van der Waals surface area contributed by atoms with E-state index < -0.39 is 20.0 Å². The Kier molecular flexibility index (Phi) is 5.94. The number of hydrogen-bond donors (Lipinski definition) is 0. The zero-order chi connectivity index (χ0) is 20.0. The highest BCUT2D eigenvalue weighted by Gasteiger charge is 2.35. The third-order valence-electron chi connectivity index (χ3n) is 4.39. The summed E-state index contributed by atoms with van der Waals surface area (Å²) in [6.45, 7) is 3.90. The highest BCUT2D eigenvalue weighted by atomic mass is 35.5. The Morgan fingerprint density at radius 2 is 1.37 bits per heavy atom. The fourth-order valence-corrected chi connectivity index (χ4v) is 8.18. The Morgan fingerprint density at radius 1 is 0.852 bits per heavy atom. The Morgan fingerprint density at radius 3 is 1.81 bits per heavy atom. The summed E-state index contributed by atoms with van der Waals surface area (Å²) < 4.78 is 54.3. The summed E-state index contributed by atoms with van der Waals surface area (Å²) in [4.78, 5) is 0.210. The monoisotopic (exact) mass is 468 g/mol. The molecule has 0 bridgehead atoms. The number of sulfonamides is 2. The standard InChI is InChI=1S/C16H18Cl2N2O4S3/c1-11-3-4-13(12(2)9-11)26(21,22)19-5-7-20(8-6-19)27(23,24)14-10-15(17)25-16(14)18/h3-4,9-10H,5-8H2,1-2H3. The van der Waals surface area contributed by atoms with E-state index >= 15 is 0 Å². The summed E-state index contributed by atoms with van der Waals surface area (Å²) in [5.74, 6) is 0. The summed E-state index contributed by atoms with van der Waals surface area (Å²) in [5, 5.41) is 0. The summed E-state index contributed by atoms with van der Waals surface area (Å²) >= 11 is 12.8. The van der Waals surface area contributed by atoms with Crippen LogP contribution in [-0.4, -0.2) is 51.6 Å². The number of benzene rings is 1. The molecule has 1 aliphatic heterocycles. The molecule has 0 spiro atoms. The van der Waals surface area contributed by atoms with Crippen LogP contribution in [0.5, 0.6) is 0 Å². The van der Waals surface area contributed by atoms with Gasteiger partial charge in [0, 0.05) is 26.2 Å². The highest BCUT2D eigenvalue weighted by Crippen LogP contribution is 2.36. The molecule has 27 heavy (non-hydrogen) atoms. The van der Waals surface area contributed by atoms with E-state index in [9.17, 15) is 16.8 Å². The third-order valence-corrected chi connectivity index (χ3v) is 10.1. The number of aryl methyl sites for hydroxylation is 2. The van der Waals surface area contributed by atoms with Crippen LogP contribution in [0.2, 0.25) is 8.67 Å². The first-order valence-corrected chi connectivity index (χ1v) is 12.5. The maximum absolute atomic E-state index is 12.9. The minimum atomic E-state index is -3.81. The second-order valence-electron chi connectivity index (χ2n) is 6.27. The lowest BCUT2D eigenvalue weighted by molar-refractivity contribution is 0.273. The van der Waals surface area contributed by atoms with Gasteiger partial charge in [-0.3, -0.25) is 0 Å². The van der Waals surface area contributed by atoms with Crippen LogP contribution in [0.25, 0.3) is 0 Å². The largest absolute Gasteiger partial charge is 0.245 e. The molecule has 0 saturated carbocycles. The molecule has 6 nitrogen and oxygen atoms in total. The molecule has 2 aromatic rings. The molecule has 148 valence electrons. The second-order valence-corrected chi connectivity index (χ2v) is 12.4. The molecule has 11 heteroatoms. The lowest BCUT2D eigenvalue weighted by Crippen LogP contribution is -2.50. The van der Waals surface area contributed by atoms with Crippen molar-refractivity contribution in [2.75, 3.05) is 26.2 Å². The number of nitrogens with zero attached hydrogens (tertiary/aromatic N) is 2.